The number of benzene rings is 1. The molecule has 0 aliphatic carbocycles. The van der Waals surface area contributed by atoms with Gasteiger partial charge in [0.1, 0.15) is 0 Å². The average molecular weight is 350 g/mol. The minimum Gasteiger partial charge on any atom is -0.226 e. The SMILES string of the molecule is [C-]#[N+]C(C#N)=C1C=C(c2ccccc2)S(=O)(=O)C(c2ccsc2)=C1. The fourth-order valence-corrected chi connectivity index (χ4v) is 4.79. The summed E-state index contributed by atoms with van der Waals surface area (Å²) in [7, 11) is -3.74. The molecule has 116 valence electrons. The molecule has 6 heteroatoms. The van der Waals surface area contributed by atoms with Crippen molar-refractivity contribution in [1.29, 1.82) is 5.26 Å². The molecule has 0 saturated carbocycles. The van der Waals surface area contributed by atoms with E-state index in [0.717, 1.165) is 0 Å². The van der Waals surface area contributed by atoms with Crippen LogP contribution in [0.25, 0.3) is 14.7 Å². The van der Waals surface area contributed by atoms with Crippen molar-refractivity contribution < 1.29 is 8.42 Å². The van der Waals surface area contributed by atoms with Crippen molar-refractivity contribution >= 4 is 31.0 Å². The maximum Gasteiger partial charge on any atom is 0.269 e. The van der Waals surface area contributed by atoms with Crippen molar-refractivity contribution in [2.75, 3.05) is 0 Å². The van der Waals surface area contributed by atoms with E-state index in [4.69, 9.17) is 11.8 Å². The van der Waals surface area contributed by atoms with Crippen LogP contribution < -0.4 is 0 Å². The summed E-state index contributed by atoms with van der Waals surface area (Å²) >= 11 is 1.39. The highest BCUT2D eigenvalue weighted by Crippen LogP contribution is 2.39. The van der Waals surface area contributed by atoms with Gasteiger partial charge in [0, 0.05) is 5.56 Å². The second kappa shape index (κ2) is 6.29. The maximum absolute atomic E-state index is 13.0. The highest BCUT2D eigenvalue weighted by atomic mass is 32.2. The Kier molecular flexibility index (Phi) is 4.18. The van der Waals surface area contributed by atoms with Crippen molar-refractivity contribution in [3.05, 3.63) is 93.1 Å². The maximum atomic E-state index is 13.0. The molecule has 1 aromatic heterocycles. The number of sulfone groups is 1. The molecule has 1 aliphatic heterocycles. The van der Waals surface area contributed by atoms with Crippen LogP contribution in [0.3, 0.4) is 0 Å². The van der Waals surface area contributed by atoms with Gasteiger partial charge in [0.25, 0.3) is 5.70 Å². The van der Waals surface area contributed by atoms with E-state index in [1.165, 1.54) is 23.5 Å². The zero-order valence-electron chi connectivity index (χ0n) is 12.3. The van der Waals surface area contributed by atoms with Crippen LogP contribution in [-0.2, 0) is 9.84 Å². The summed E-state index contributed by atoms with van der Waals surface area (Å²) in [6.07, 6.45) is 2.80. The predicted molar refractivity (Wildman–Crippen MR) is 94.9 cm³/mol. The van der Waals surface area contributed by atoms with E-state index in [1.54, 1.807) is 47.2 Å². The normalized spacial score (nSPS) is 17.9. The molecule has 2 heterocycles. The van der Waals surface area contributed by atoms with Crippen LogP contribution in [-0.4, -0.2) is 8.42 Å². The first-order valence-electron chi connectivity index (χ1n) is 6.86. The van der Waals surface area contributed by atoms with Crippen molar-refractivity contribution in [1.82, 2.24) is 0 Å². The molecule has 3 rings (SSSR count). The lowest BCUT2D eigenvalue weighted by Crippen LogP contribution is -2.10. The van der Waals surface area contributed by atoms with E-state index in [9.17, 15) is 8.42 Å². The van der Waals surface area contributed by atoms with E-state index in [2.05, 4.69) is 4.85 Å². The van der Waals surface area contributed by atoms with Crippen LogP contribution in [0, 0.1) is 17.9 Å². The van der Waals surface area contributed by atoms with Gasteiger partial charge in [0.2, 0.25) is 9.84 Å². The zero-order chi connectivity index (χ0) is 17.2. The average Bonchev–Trinajstić information content (AvgIpc) is 3.11. The molecule has 1 aliphatic rings. The fraction of sp³-hybridized carbons (Fsp3) is 0. The zero-order valence-corrected chi connectivity index (χ0v) is 13.9. The first-order chi connectivity index (χ1) is 11.6. The fourth-order valence-electron chi connectivity index (χ4n) is 2.37. The Morgan fingerprint density at radius 1 is 1.08 bits per heavy atom. The lowest BCUT2D eigenvalue weighted by molar-refractivity contribution is 0.614. The number of allylic oxidation sites excluding steroid dienone is 4. The minimum absolute atomic E-state index is 0.0956. The van der Waals surface area contributed by atoms with Crippen LogP contribution in [0.2, 0.25) is 0 Å². The first-order valence-corrected chi connectivity index (χ1v) is 9.29. The third kappa shape index (κ3) is 2.69. The molecule has 0 N–H and O–H groups in total. The summed E-state index contributed by atoms with van der Waals surface area (Å²) < 4.78 is 26.1. The van der Waals surface area contributed by atoms with Gasteiger partial charge in [-0.3, -0.25) is 0 Å². The molecule has 0 unspecified atom stereocenters. The first kappa shape index (κ1) is 15.9. The van der Waals surface area contributed by atoms with Gasteiger partial charge in [-0.1, -0.05) is 30.3 Å². The Morgan fingerprint density at radius 2 is 1.75 bits per heavy atom. The summed E-state index contributed by atoms with van der Waals surface area (Å²) in [6, 6.07) is 12.2. The molecule has 0 bridgehead atoms. The second-order valence-corrected chi connectivity index (χ2v) is 7.59. The molecular weight excluding hydrogens is 340 g/mol. The number of hydrogen-bond acceptors (Lipinski definition) is 4. The van der Waals surface area contributed by atoms with Gasteiger partial charge in [0.15, 0.2) is 0 Å². The van der Waals surface area contributed by atoms with Gasteiger partial charge >= 0.3 is 0 Å². The second-order valence-electron chi connectivity index (χ2n) is 4.93. The molecule has 24 heavy (non-hydrogen) atoms. The molecular formula is C18H10N2O2S2. The molecule has 4 nitrogen and oxygen atoms in total. The van der Waals surface area contributed by atoms with Gasteiger partial charge in [-0.25, -0.2) is 18.5 Å². The smallest absolute Gasteiger partial charge is 0.226 e. The van der Waals surface area contributed by atoms with Crippen LogP contribution in [0.1, 0.15) is 11.1 Å². The van der Waals surface area contributed by atoms with Gasteiger partial charge in [0.05, 0.1) is 22.5 Å². The highest BCUT2D eigenvalue weighted by Gasteiger charge is 2.30. The van der Waals surface area contributed by atoms with Gasteiger partial charge in [-0.05, 0) is 40.1 Å². The largest absolute Gasteiger partial charge is 0.269 e. The van der Waals surface area contributed by atoms with Crippen molar-refractivity contribution in [2.45, 2.75) is 0 Å². The summed E-state index contributed by atoms with van der Waals surface area (Å²) in [6.45, 7) is 7.14. The predicted octanol–water partition coefficient (Wildman–Crippen LogP) is 4.26. The van der Waals surface area contributed by atoms with Crippen LogP contribution in [0.15, 0.2) is 70.6 Å². The van der Waals surface area contributed by atoms with Crippen LogP contribution >= 0.6 is 11.3 Å². The number of thiophene rings is 1. The van der Waals surface area contributed by atoms with E-state index >= 15 is 0 Å². The van der Waals surface area contributed by atoms with Gasteiger partial charge in [-0.15, -0.1) is 0 Å². The number of hydrogen-bond donors (Lipinski definition) is 0. The number of rotatable bonds is 2. The van der Waals surface area contributed by atoms with E-state index in [-0.39, 0.29) is 15.5 Å². The monoisotopic (exact) mass is 350 g/mol. The standard InChI is InChI=1S/C18H10N2O2S2/c1-20-16(11-19)15-9-17(13-5-3-2-4-6-13)24(21,22)18(10-15)14-7-8-23-12-14/h2-10,12H. The molecule has 1 aromatic carbocycles. The summed E-state index contributed by atoms with van der Waals surface area (Å²) in [5.74, 6) is 0. The van der Waals surface area contributed by atoms with E-state index < -0.39 is 9.84 Å². The minimum atomic E-state index is -3.74. The van der Waals surface area contributed by atoms with Gasteiger partial charge < -0.3 is 0 Å². The molecule has 0 spiro atoms. The number of nitriles is 1. The Hall–Kier alpha value is -2.93. The van der Waals surface area contributed by atoms with Crippen LogP contribution in [0.5, 0.6) is 0 Å². The Balaban J connectivity index is 2.33. The Labute approximate surface area is 144 Å². The Bertz CT molecular complexity index is 1040. The molecule has 2 aromatic rings. The molecule has 0 atom stereocenters. The Morgan fingerprint density at radius 3 is 2.29 bits per heavy atom. The van der Waals surface area contributed by atoms with Crippen molar-refractivity contribution in [3.8, 4) is 6.07 Å². The summed E-state index contributed by atoms with van der Waals surface area (Å²) in [5, 5.41) is 12.7. The molecule has 0 radical (unpaired) electrons. The highest BCUT2D eigenvalue weighted by molar-refractivity contribution is 8.09. The van der Waals surface area contributed by atoms with Gasteiger partial charge in [-0.2, -0.15) is 11.3 Å². The third-order valence-electron chi connectivity index (χ3n) is 3.51. The third-order valence-corrected chi connectivity index (χ3v) is 6.06. The van der Waals surface area contributed by atoms with Crippen molar-refractivity contribution in [2.24, 2.45) is 0 Å². The molecule has 0 amide bonds. The number of nitrogens with zero attached hydrogens (tertiary/aromatic N) is 2. The molecule has 0 fully saturated rings. The van der Waals surface area contributed by atoms with E-state index in [0.29, 0.717) is 16.7 Å². The molecule has 0 saturated heterocycles. The van der Waals surface area contributed by atoms with E-state index in [1.807, 2.05) is 6.07 Å². The summed E-state index contributed by atoms with van der Waals surface area (Å²) in [5.41, 5.74) is 1.26. The lowest BCUT2D eigenvalue weighted by Gasteiger charge is -2.17. The summed E-state index contributed by atoms with van der Waals surface area (Å²) in [4.78, 5) is 3.41. The van der Waals surface area contributed by atoms with Crippen LogP contribution in [0.4, 0.5) is 0 Å². The quantitative estimate of drug-likeness (QED) is 0.601. The topological polar surface area (TPSA) is 62.3 Å². The lowest BCUT2D eigenvalue weighted by atomic mass is 10.1. The van der Waals surface area contributed by atoms with Crippen molar-refractivity contribution in [3.63, 3.8) is 0 Å².